The Labute approximate surface area is 166 Å². The van der Waals surface area contributed by atoms with Crippen molar-refractivity contribution in [2.75, 3.05) is 16.8 Å². The molecule has 0 aliphatic carbocycles. The van der Waals surface area contributed by atoms with Crippen LogP contribution in [0.15, 0.2) is 52.8 Å². The van der Waals surface area contributed by atoms with Crippen LogP contribution in [0.25, 0.3) is 0 Å². The lowest BCUT2D eigenvalue weighted by Gasteiger charge is -2.20. The maximum atomic E-state index is 13.0. The lowest BCUT2D eigenvalue weighted by molar-refractivity contribution is -0.123. The monoisotopic (exact) mass is 395 g/mol. The molecule has 2 aliphatic heterocycles. The van der Waals surface area contributed by atoms with Crippen molar-refractivity contribution in [1.82, 2.24) is 5.01 Å². The molecule has 0 unspecified atom stereocenters. The lowest BCUT2D eigenvalue weighted by Crippen LogP contribution is -2.43. The van der Waals surface area contributed by atoms with Gasteiger partial charge in [-0.1, -0.05) is 11.3 Å². The highest BCUT2D eigenvalue weighted by molar-refractivity contribution is 6.25. The summed E-state index contributed by atoms with van der Waals surface area (Å²) in [6.07, 6.45) is 0. The first kappa shape index (κ1) is 18.7. The van der Waals surface area contributed by atoms with E-state index in [1.165, 1.54) is 29.3 Å². The Morgan fingerprint density at radius 3 is 2.48 bits per heavy atom. The highest BCUT2D eigenvalue weighted by Crippen LogP contribution is 2.32. The molecular weight excluding hydrogens is 377 g/mol. The Bertz CT molecular complexity index is 1040. The minimum atomic E-state index is -0.970. The molecule has 8 nitrogen and oxygen atoms in total. The Morgan fingerprint density at radius 2 is 1.79 bits per heavy atom. The summed E-state index contributed by atoms with van der Waals surface area (Å²) in [7, 11) is 0. The minimum Gasteiger partial charge on any atom is -0.324 e. The van der Waals surface area contributed by atoms with Crippen LogP contribution in [0.5, 0.6) is 0 Å². The van der Waals surface area contributed by atoms with Gasteiger partial charge >= 0.3 is 0 Å². The zero-order valence-corrected chi connectivity index (χ0v) is 15.8. The molecule has 3 amide bonds. The molecule has 1 fully saturated rings. The van der Waals surface area contributed by atoms with Gasteiger partial charge in [0.15, 0.2) is 12.1 Å². The molecule has 2 aliphatic rings. The summed E-state index contributed by atoms with van der Waals surface area (Å²) >= 11 is 0. The van der Waals surface area contributed by atoms with Crippen molar-refractivity contribution < 1.29 is 18.8 Å². The lowest BCUT2D eigenvalue weighted by atomic mass is 10.1. The fraction of sp³-hybridized carbons (Fsp3) is 0.250. The Balaban J connectivity index is 1.49. The van der Waals surface area contributed by atoms with Gasteiger partial charge in [-0.05, 0) is 61.4 Å². The third-order valence-electron chi connectivity index (χ3n) is 5.04. The molecule has 0 saturated carbocycles. The van der Waals surface area contributed by atoms with E-state index in [4.69, 9.17) is 0 Å². The molecule has 2 heterocycles. The number of anilines is 2. The highest BCUT2D eigenvalue weighted by atomic mass is 19.1. The zero-order chi connectivity index (χ0) is 20.7. The van der Waals surface area contributed by atoms with Gasteiger partial charge in [0.05, 0.1) is 5.69 Å². The van der Waals surface area contributed by atoms with Crippen LogP contribution < -0.4 is 10.2 Å². The first-order valence-corrected chi connectivity index (χ1v) is 9.03. The van der Waals surface area contributed by atoms with Gasteiger partial charge in [-0.2, -0.15) is 5.11 Å². The minimum absolute atomic E-state index is 0.262. The molecule has 0 spiro atoms. The molecule has 2 aromatic carbocycles. The van der Waals surface area contributed by atoms with Crippen molar-refractivity contribution in [3.05, 3.63) is 59.4 Å². The molecular formula is C20H18FN5O3. The van der Waals surface area contributed by atoms with Crippen LogP contribution in [0.1, 0.15) is 11.1 Å². The van der Waals surface area contributed by atoms with Crippen LogP contribution >= 0.6 is 0 Å². The summed E-state index contributed by atoms with van der Waals surface area (Å²) < 4.78 is 13.0. The van der Waals surface area contributed by atoms with Crippen molar-refractivity contribution >= 4 is 29.1 Å². The summed E-state index contributed by atoms with van der Waals surface area (Å²) in [5.41, 5.74) is 2.89. The zero-order valence-electron chi connectivity index (χ0n) is 15.8. The van der Waals surface area contributed by atoms with Gasteiger partial charge in [0.2, 0.25) is 5.91 Å². The fourth-order valence-corrected chi connectivity index (χ4v) is 3.35. The molecule has 0 aromatic heterocycles. The number of nitrogens with one attached hydrogen (secondary N) is 1. The summed E-state index contributed by atoms with van der Waals surface area (Å²) in [5, 5.41) is 11.6. The first-order chi connectivity index (χ1) is 13.8. The van der Waals surface area contributed by atoms with Gasteiger partial charge in [-0.3, -0.25) is 19.4 Å². The summed E-state index contributed by atoms with van der Waals surface area (Å²) in [6.45, 7) is 3.58. The van der Waals surface area contributed by atoms with Crippen molar-refractivity contribution in [2.45, 2.75) is 25.9 Å². The van der Waals surface area contributed by atoms with Crippen molar-refractivity contribution in [3.8, 4) is 0 Å². The van der Waals surface area contributed by atoms with Crippen LogP contribution in [0, 0.1) is 19.7 Å². The number of aryl methyl sites for hydroxylation is 2. The summed E-state index contributed by atoms with van der Waals surface area (Å²) in [6, 6.07) is 8.70. The van der Waals surface area contributed by atoms with E-state index >= 15 is 0 Å². The smallest absolute Gasteiger partial charge is 0.263 e. The summed E-state index contributed by atoms with van der Waals surface area (Å²) in [4.78, 5) is 39.1. The average molecular weight is 395 g/mol. The van der Waals surface area contributed by atoms with Crippen LogP contribution in [0.4, 0.5) is 15.8 Å². The number of carbonyl (C=O) groups is 3. The molecule has 1 N–H and O–H groups in total. The van der Waals surface area contributed by atoms with E-state index < -0.39 is 35.6 Å². The molecule has 1 saturated heterocycles. The van der Waals surface area contributed by atoms with E-state index in [1.807, 2.05) is 19.9 Å². The number of carbonyl (C=O) groups excluding carboxylic acids is 3. The number of imide groups is 1. The van der Waals surface area contributed by atoms with Crippen molar-refractivity contribution in [1.29, 1.82) is 0 Å². The topological polar surface area (TPSA) is 94.4 Å². The second-order valence-electron chi connectivity index (χ2n) is 7.03. The van der Waals surface area contributed by atoms with Gasteiger partial charge in [0.25, 0.3) is 11.8 Å². The second kappa shape index (κ2) is 7.08. The van der Waals surface area contributed by atoms with Crippen molar-refractivity contribution in [3.63, 3.8) is 0 Å². The maximum absolute atomic E-state index is 13.0. The fourth-order valence-electron chi connectivity index (χ4n) is 3.35. The number of hydrogen-bond acceptors (Lipinski definition) is 6. The maximum Gasteiger partial charge on any atom is 0.263 e. The van der Waals surface area contributed by atoms with Crippen LogP contribution in [0.2, 0.25) is 0 Å². The highest BCUT2D eigenvalue weighted by Gasteiger charge is 2.55. The molecule has 29 heavy (non-hydrogen) atoms. The summed E-state index contributed by atoms with van der Waals surface area (Å²) in [5.74, 6) is -1.81. The van der Waals surface area contributed by atoms with Gasteiger partial charge in [0.1, 0.15) is 12.4 Å². The quantitative estimate of drug-likeness (QED) is 0.804. The van der Waals surface area contributed by atoms with Crippen LogP contribution in [0.3, 0.4) is 0 Å². The average Bonchev–Trinajstić information content (AvgIpc) is 3.20. The number of benzene rings is 2. The Morgan fingerprint density at radius 1 is 1.07 bits per heavy atom. The SMILES string of the molecule is Cc1ccc(N2C(=O)[C@H]3N=NN(CC(=O)Nc4ccc(F)cc4)[C@@H]3C2=O)cc1C. The van der Waals surface area contributed by atoms with E-state index in [0.29, 0.717) is 11.4 Å². The largest absolute Gasteiger partial charge is 0.324 e. The van der Waals surface area contributed by atoms with E-state index in [2.05, 4.69) is 15.7 Å². The second-order valence-corrected chi connectivity index (χ2v) is 7.03. The third-order valence-corrected chi connectivity index (χ3v) is 5.04. The molecule has 148 valence electrons. The number of amides is 3. The number of nitrogens with zero attached hydrogens (tertiary/aromatic N) is 4. The van der Waals surface area contributed by atoms with Gasteiger partial charge < -0.3 is 5.32 Å². The molecule has 0 radical (unpaired) electrons. The Kier molecular flexibility index (Phi) is 4.57. The normalized spacial score (nSPS) is 20.4. The predicted molar refractivity (Wildman–Crippen MR) is 103 cm³/mol. The van der Waals surface area contributed by atoms with E-state index in [-0.39, 0.29) is 6.54 Å². The Hall–Kier alpha value is -3.62. The molecule has 2 atom stereocenters. The first-order valence-electron chi connectivity index (χ1n) is 9.03. The number of rotatable bonds is 4. The number of hydrogen-bond donors (Lipinski definition) is 1. The van der Waals surface area contributed by atoms with Crippen LogP contribution in [-0.2, 0) is 14.4 Å². The predicted octanol–water partition coefficient (Wildman–Crippen LogP) is 2.37. The van der Waals surface area contributed by atoms with Crippen LogP contribution in [-0.4, -0.2) is 41.4 Å². The molecule has 4 rings (SSSR count). The van der Waals surface area contributed by atoms with E-state index in [1.54, 1.807) is 12.1 Å². The van der Waals surface area contributed by atoms with Gasteiger partial charge in [-0.25, -0.2) is 9.29 Å². The van der Waals surface area contributed by atoms with E-state index in [9.17, 15) is 18.8 Å². The standard InChI is InChI=1S/C20H18FN5O3/c1-11-3-8-15(9-12(11)2)26-19(28)17-18(20(26)29)25(24-23-17)10-16(27)22-14-6-4-13(21)5-7-14/h3-9,17-18H,10H2,1-2H3,(H,22,27)/t17-,18-/m0/s1. The van der Waals surface area contributed by atoms with E-state index in [0.717, 1.165) is 16.0 Å². The molecule has 9 heteroatoms. The third kappa shape index (κ3) is 3.35. The number of halogens is 1. The van der Waals surface area contributed by atoms with Gasteiger partial charge in [0, 0.05) is 5.69 Å². The molecule has 2 aromatic rings. The van der Waals surface area contributed by atoms with Gasteiger partial charge in [-0.15, -0.1) is 0 Å². The van der Waals surface area contributed by atoms with Crippen molar-refractivity contribution in [2.24, 2.45) is 10.3 Å². The number of fused-ring (bicyclic) bond motifs is 1. The molecule has 0 bridgehead atoms.